The van der Waals surface area contributed by atoms with Crippen molar-refractivity contribution in [3.05, 3.63) is 59.2 Å². The lowest BCUT2D eigenvalue weighted by Gasteiger charge is -2.19. The van der Waals surface area contributed by atoms with Crippen LogP contribution in [0.5, 0.6) is 11.5 Å². The van der Waals surface area contributed by atoms with Gasteiger partial charge in [0.25, 0.3) is 5.91 Å². The molecule has 1 aliphatic rings. The summed E-state index contributed by atoms with van der Waals surface area (Å²) in [4.78, 5) is 12.3. The highest BCUT2D eigenvalue weighted by atomic mass is 16.5. The molecule has 0 fully saturated rings. The number of carbonyl (C=O) groups excluding carboxylic acids is 1. The minimum absolute atomic E-state index is 0.0663. The summed E-state index contributed by atoms with van der Waals surface area (Å²) in [6.07, 6.45) is 6.26. The molecule has 2 aromatic carbocycles. The number of aryl methyl sites for hydroxylation is 3. The van der Waals surface area contributed by atoms with Crippen LogP contribution in [0.1, 0.15) is 56.7 Å². The van der Waals surface area contributed by atoms with Gasteiger partial charge in [0.2, 0.25) is 0 Å². The molecule has 0 aromatic heterocycles. The summed E-state index contributed by atoms with van der Waals surface area (Å²) in [6, 6.07) is 14.4. The molecule has 1 atom stereocenters. The van der Waals surface area contributed by atoms with E-state index in [0.717, 1.165) is 37.2 Å². The number of rotatable bonds is 9. The van der Waals surface area contributed by atoms with E-state index in [1.54, 1.807) is 0 Å². The second-order valence-corrected chi connectivity index (χ2v) is 8.10. The molecule has 156 valence electrons. The average molecular weight is 396 g/mol. The Morgan fingerprint density at radius 3 is 2.34 bits per heavy atom. The second-order valence-electron chi connectivity index (χ2n) is 8.10. The Kier molecular flexibility index (Phi) is 7.56. The summed E-state index contributed by atoms with van der Waals surface area (Å²) in [6.45, 7) is 6.49. The number of nitrogens with one attached hydrogen (secondary N) is 1. The van der Waals surface area contributed by atoms with Gasteiger partial charge in [-0.3, -0.25) is 4.79 Å². The van der Waals surface area contributed by atoms with Crippen LogP contribution >= 0.6 is 0 Å². The molecule has 1 N–H and O–H groups in total. The van der Waals surface area contributed by atoms with Crippen molar-refractivity contribution in [2.45, 2.75) is 71.5 Å². The molecule has 0 radical (unpaired) electrons. The van der Waals surface area contributed by atoms with Gasteiger partial charge in [-0.25, -0.2) is 0 Å². The van der Waals surface area contributed by atoms with E-state index in [0.29, 0.717) is 6.54 Å². The largest absolute Gasteiger partial charge is 0.491 e. The van der Waals surface area contributed by atoms with E-state index >= 15 is 0 Å². The van der Waals surface area contributed by atoms with Crippen LogP contribution in [0.15, 0.2) is 42.5 Å². The SMILES string of the molecule is CC(C)Oc1ccc(CCCNC(=O)[C@@H](C)Oc2ccc3c(c2)CCCC3)cc1. The number of fused-ring (bicyclic) bond motifs is 1. The fourth-order valence-electron chi connectivity index (χ4n) is 3.70. The molecule has 0 heterocycles. The first-order valence-electron chi connectivity index (χ1n) is 10.8. The van der Waals surface area contributed by atoms with Gasteiger partial charge in [-0.1, -0.05) is 18.2 Å². The molecule has 1 amide bonds. The molecule has 2 aromatic rings. The summed E-state index contributed by atoms with van der Waals surface area (Å²) in [7, 11) is 0. The number of ether oxygens (including phenoxy) is 2. The molecule has 3 rings (SSSR count). The molecule has 0 unspecified atom stereocenters. The Morgan fingerprint density at radius 1 is 0.931 bits per heavy atom. The van der Waals surface area contributed by atoms with Crippen LogP contribution in [0.2, 0.25) is 0 Å². The number of amides is 1. The van der Waals surface area contributed by atoms with Crippen LogP contribution in [0, 0.1) is 0 Å². The van der Waals surface area contributed by atoms with Gasteiger partial charge in [0.05, 0.1) is 6.10 Å². The van der Waals surface area contributed by atoms with Crippen LogP contribution in [0.4, 0.5) is 0 Å². The minimum atomic E-state index is -0.496. The third kappa shape index (κ3) is 6.52. The zero-order chi connectivity index (χ0) is 20.6. The summed E-state index contributed by atoms with van der Waals surface area (Å²) in [5, 5.41) is 2.98. The third-order valence-corrected chi connectivity index (χ3v) is 5.24. The first-order valence-corrected chi connectivity index (χ1v) is 10.8. The normalized spacial score (nSPS) is 14.2. The van der Waals surface area contributed by atoms with Gasteiger partial charge < -0.3 is 14.8 Å². The molecule has 1 aliphatic carbocycles. The lowest BCUT2D eigenvalue weighted by molar-refractivity contribution is -0.127. The van der Waals surface area contributed by atoms with Crippen molar-refractivity contribution < 1.29 is 14.3 Å². The molecule has 0 spiro atoms. The van der Waals surface area contributed by atoms with Crippen molar-refractivity contribution in [3.63, 3.8) is 0 Å². The molecule has 29 heavy (non-hydrogen) atoms. The predicted molar refractivity (Wildman–Crippen MR) is 117 cm³/mol. The lowest BCUT2D eigenvalue weighted by atomic mass is 9.92. The van der Waals surface area contributed by atoms with E-state index in [-0.39, 0.29) is 12.0 Å². The van der Waals surface area contributed by atoms with Crippen molar-refractivity contribution in [1.29, 1.82) is 0 Å². The Labute approximate surface area is 174 Å². The van der Waals surface area contributed by atoms with Crippen LogP contribution < -0.4 is 14.8 Å². The van der Waals surface area contributed by atoms with Gasteiger partial charge >= 0.3 is 0 Å². The van der Waals surface area contributed by atoms with Gasteiger partial charge in [-0.2, -0.15) is 0 Å². The van der Waals surface area contributed by atoms with Crippen LogP contribution in [-0.4, -0.2) is 24.7 Å². The molecular formula is C25H33NO3. The van der Waals surface area contributed by atoms with E-state index in [2.05, 4.69) is 29.6 Å². The predicted octanol–water partition coefficient (Wildman–Crippen LogP) is 4.87. The quantitative estimate of drug-likeness (QED) is 0.616. The monoisotopic (exact) mass is 395 g/mol. The first kappa shape index (κ1) is 21.2. The standard InChI is InChI=1S/C25H33NO3/c1-18(2)28-23-13-10-20(11-14-23)7-6-16-26-25(27)19(3)29-24-15-12-21-8-4-5-9-22(21)17-24/h10-15,17-19H,4-9,16H2,1-3H3,(H,26,27)/t19-/m1/s1. The molecule has 0 saturated heterocycles. The molecule has 4 heteroatoms. The highest BCUT2D eigenvalue weighted by molar-refractivity contribution is 5.80. The Morgan fingerprint density at radius 2 is 1.62 bits per heavy atom. The Bertz CT molecular complexity index is 798. The van der Waals surface area contributed by atoms with Gasteiger partial charge in [-0.15, -0.1) is 0 Å². The van der Waals surface area contributed by atoms with Crippen LogP contribution in [0.3, 0.4) is 0 Å². The fourth-order valence-corrected chi connectivity index (χ4v) is 3.70. The minimum Gasteiger partial charge on any atom is -0.491 e. The molecule has 0 aliphatic heterocycles. The molecule has 4 nitrogen and oxygen atoms in total. The smallest absolute Gasteiger partial charge is 0.260 e. The maximum Gasteiger partial charge on any atom is 0.260 e. The van der Waals surface area contributed by atoms with E-state index in [1.807, 2.05) is 39.0 Å². The number of hydrogen-bond donors (Lipinski definition) is 1. The second kappa shape index (κ2) is 10.3. The van der Waals surface area contributed by atoms with E-state index in [9.17, 15) is 4.79 Å². The van der Waals surface area contributed by atoms with E-state index in [1.165, 1.54) is 29.5 Å². The summed E-state index contributed by atoms with van der Waals surface area (Å²) in [5.74, 6) is 1.62. The zero-order valence-electron chi connectivity index (χ0n) is 17.9. The van der Waals surface area contributed by atoms with Crippen molar-refractivity contribution in [3.8, 4) is 11.5 Å². The molecular weight excluding hydrogens is 362 g/mol. The van der Waals surface area contributed by atoms with Crippen molar-refractivity contribution >= 4 is 5.91 Å². The highest BCUT2D eigenvalue weighted by Gasteiger charge is 2.16. The highest BCUT2D eigenvalue weighted by Crippen LogP contribution is 2.25. The number of benzene rings is 2. The van der Waals surface area contributed by atoms with Gasteiger partial charge in [0, 0.05) is 6.54 Å². The zero-order valence-corrected chi connectivity index (χ0v) is 17.9. The topological polar surface area (TPSA) is 47.6 Å². The average Bonchev–Trinajstić information content (AvgIpc) is 2.71. The maximum absolute atomic E-state index is 12.3. The summed E-state index contributed by atoms with van der Waals surface area (Å²) >= 11 is 0. The van der Waals surface area contributed by atoms with Gasteiger partial charge in [0.15, 0.2) is 6.10 Å². The summed E-state index contributed by atoms with van der Waals surface area (Å²) in [5.41, 5.74) is 4.03. The fraction of sp³-hybridized carbons (Fsp3) is 0.480. The third-order valence-electron chi connectivity index (χ3n) is 5.24. The van der Waals surface area contributed by atoms with E-state index < -0.39 is 6.10 Å². The number of carbonyl (C=O) groups is 1. The molecule has 0 bridgehead atoms. The van der Waals surface area contributed by atoms with Crippen molar-refractivity contribution in [2.75, 3.05) is 6.54 Å². The van der Waals surface area contributed by atoms with Crippen molar-refractivity contribution in [2.24, 2.45) is 0 Å². The van der Waals surface area contributed by atoms with Gasteiger partial charge in [0.1, 0.15) is 11.5 Å². The molecule has 0 saturated carbocycles. The van der Waals surface area contributed by atoms with Crippen LogP contribution in [0.25, 0.3) is 0 Å². The number of hydrogen-bond acceptors (Lipinski definition) is 3. The van der Waals surface area contributed by atoms with Gasteiger partial charge in [-0.05, 0) is 100 Å². The first-order chi connectivity index (χ1) is 14.0. The summed E-state index contributed by atoms with van der Waals surface area (Å²) < 4.78 is 11.5. The Hall–Kier alpha value is -2.49. The Balaban J connectivity index is 1.39. The van der Waals surface area contributed by atoms with E-state index in [4.69, 9.17) is 9.47 Å². The van der Waals surface area contributed by atoms with Crippen molar-refractivity contribution in [1.82, 2.24) is 5.32 Å². The van der Waals surface area contributed by atoms with Crippen LogP contribution in [-0.2, 0) is 24.1 Å². The lowest BCUT2D eigenvalue weighted by Crippen LogP contribution is -2.37. The maximum atomic E-state index is 12.3.